The molecule has 5 rings (SSSR count). The van der Waals surface area contributed by atoms with Gasteiger partial charge in [-0.25, -0.2) is 0 Å². The monoisotopic (exact) mass is 399 g/mol. The Morgan fingerprint density at radius 1 is 0.966 bits per heavy atom. The molecule has 1 heterocycles. The Morgan fingerprint density at radius 2 is 1.69 bits per heavy atom. The maximum Gasteiger partial charge on any atom is 0.159 e. The molecule has 5 nitrogen and oxygen atoms in total. The van der Waals surface area contributed by atoms with Crippen molar-refractivity contribution in [2.45, 2.75) is 90.7 Å². The molecule has 160 valence electrons. The normalized spacial score (nSPS) is 49.2. The summed E-state index contributed by atoms with van der Waals surface area (Å²) >= 11 is 0. The zero-order valence-corrected chi connectivity index (χ0v) is 18.3. The summed E-state index contributed by atoms with van der Waals surface area (Å²) < 4.78 is 0. The summed E-state index contributed by atoms with van der Waals surface area (Å²) in [6, 6.07) is 0. The predicted octanol–water partition coefficient (Wildman–Crippen LogP) is 4.26. The fourth-order valence-electron chi connectivity index (χ4n) is 8.53. The molecule has 0 bridgehead atoms. The SMILES string of the molecule is C[C@@]1(O)CC[C@@]2(C)[C@@H](CC[C@@H]3[C@@H]2CC[C@]2(C)[C@@H](C(=O)Cn4nccn4)CC[C@@H]32)C1. The minimum atomic E-state index is -0.467. The van der Waals surface area contributed by atoms with Crippen molar-refractivity contribution in [1.29, 1.82) is 0 Å². The molecular weight excluding hydrogens is 362 g/mol. The molecule has 1 aromatic rings. The maximum atomic E-state index is 13.2. The summed E-state index contributed by atoms with van der Waals surface area (Å²) in [6.45, 7) is 7.31. The minimum Gasteiger partial charge on any atom is -0.390 e. The molecule has 4 fully saturated rings. The second kappa shape index (κ2) is 6.63. The number of carbonyl (C=O) groups excluding carboxylic acids is 1. The number of nitrogens with zero attached hydrogens (tertiary/aromatic N) is 3. The van der Waals surface area contributed by atoms with Gasteiger partial charge >= 0.3 is 0 Å². The molecule has 8 atom stereocenters. The molecule has 0 spiro atoms. The molecule has 0 unspecified atom stereocenters. The van der Waals surface area contributed by atoms with Crippen LogP contribution in [0.1, 0.15) is 78.6 Å². The first-order valence-corrected chi connectivity index (χ1v) is 11.8. The van der Waals surface area contributed by atoms with Crippen LogP contribution >= 0.6 is 0 Å². The van der Waals surface area contributed by atoms with E-state index < -0.39 is 5.60 Å². The molecule has 0 amide bonds. The topological polar surface area (TPSA) is 68.0 Å². The third kappa shape index (κ3) is 3.02. The highest BCUT2D eigenvalue weighted by Gasteiger charge is 2.61. The zero-order chi connectivity index (χ0) is 20.4. The number of aliphatic hydroxyl groups is 1. The Labute approximate surface area is 174 Å². The van der Waals surface area contributed by atoms with Crippen molar-refractivity contribution >= 4 is 5.78 Å². The second-order valence-electron chi connectivity index (χ2n) is 11.6. The van der Waals surface area contributed by atoms with Gasteiger partial charge in [0.1, 0.15) is 6.54 Å². The average molecular weight is 400 g/mol. The molecule has 29 heavy (non-hydrogen) atoms. The number of aromatic nitrogens is 3. The third-order valence-corrected chi connectivity index (χ3v) is 10.1. The van der Waals surface area contributed by atoms with Crippen LogP contribution in [0.3, 0.4) is 0 Å². The smallest absolute Gasteiger partial charge is 0.159 e. The molecule has 1 N–H and O–H groups in total. The first kappa shape index (κ1) is 19.7. The van der Waals surface area contributed by atoms with Crippen LogP contribution in [0.4, 0.5) is 0 Å². The lowest BCUT2D eigenvalue weighted by Crippen LogP contribution is -2.55. The van der Waals surface area contributed by atoms with Gasteiger partial charge in [-0.2, -0.15) is 15.0 Å². The van der Waals surface area contributed by atoms with E-state index in [9.17, 15) is 9.90 Å². The minimum absolute atomic E-state index is 0.148. The van der Waals surface area contributed by atoms with Gasteiger partial charge in [0.05, 0.1) is 18.0 Å². The lowest BCUT2D eigenvalue weighted by molar-refractivity contribution is -0.151. The molecule has 4 aliphatic carbocycles. The van der Waals surface area contributed by atoms with E-state index in [0.29, 0.717) is 29.6 Å². The van der Waals surface area contributed by atoms with Gasteiger partial charge < -0.3 is 5.11 Å². The highest BCUT2D eigenvalue weighted by atomic mass is 16.3. The number of rotatable bonds is 3. The van der Waals surface area contributed by atoms with Gasteiger partial charge in [0.15, 0.2) is 5.78 Å². The first-order chi connectivity index (χ1) is 13.7. The summed E-state index contributed by atoms with van der Waals surface area (Å²) in [7, 11) is 0. The van der Waals surface area contributed by atoms with Crippen LogP contribution in [0.15, 0.2) is 12.4 Å². The van der Waals surface area contributed by atoms with Crippen molar-refractivity contribution in [3.63, 3.8) is 0 Å². The van der Waals surface area contributed by atoms with Crippen LogP contribution in [-0.2, 0) is 11.3 Å². The van der Waals surface area contributed by atoms with Crippen LogP contribution in [0.5, 0.6) is 0 Å². The first-order valence-electron chi connectivity index (χ1n) is 11.8. The Morgan fingerprint density at radius 3 is 2.45 bits per heavy atom. The quantitative estimate of drug-likeness (QED) is 0.825. The average Bonchev–Trinajstić information content (AvgIpc) is 3.29. The van der Waals surface area contributed by atoms with Gasteiger partial charge in [0.2, 0.25) is 0 Å². The largest absolute Gasteiger partial charge is 0.390 e. The number of hydrogen-bond acceptors (Lipinski definition) is 4. The van der Waals surface area contributed by atoms with E-state index in [4.69, 9.17) is 0 Å². The molecule has 5 heteroatoms. The second-order valence-corrected chi connectivity index (χ2v) is 11.6. The summed E-state index contributed by atoms with van der Waals surface area (Å²) in [5.41, 5.74) is 0.0634. The van der Waals surface area contributed by atoms with E-state index in [1.807, 2.05) is 6.92 Å². The van der Waals surface area contributed by atoms with Crippen molar-refractivity contribution in [1.82, 2.24) is 15.0 Å². The van der Waals surface area contributed by atoms with E-state index in [1.54, 1.807) is 17.2 Å². The van der Waals surface area contributed by atoms with Crippen LogP contribution in [0.25, 0.3) is 0 Å². The number of Topliss-reactive ketones (excluding diaryl/α,β-unsaturated/α-hetero) is 1. The van der Waals surface area contributed by atoms with Crippen LogP contribution in [0, 0.1) is 40.4 Å². The third-order valence-electron chi connectivity index (χ3n) is 10.1. The molecule has 1 aromatic heterocycles. The number of carbonyl (C=O) groups is 1. The predicted molar refractivity (Wildman–Crippen MR) is 111 cm³/mol. The highest BCUT2D eigenvalue weighted by molar-refractivity contribution is 5.81. The summed E-state index contributed by atoms with van der Waals surface area (Å²) in [6.07, 6.45) is 13.6. The van der Waals surface area contributed by atoms with Gasteiger partial charge in [0, 0.05) is 5.92 Å². The Kier molecular flexibility index (Phi) is 4.51. The van der Waals surface area contributed by atoms with Crippen LogP contribution in [0.2, 0.25) is 0 Å². The van der Waals surface area contributed by atoms with E-state index in [-0.39, 0.29) is 11.3 Å². The highest BCUT2D eigenvalue weighted by Crippen LogP contribution is 2.68. The maximum absolute atomic E-state index is 13.2. The van der Waals surface area contributed by atoms with Crippen molar-refractivity contribution in [2.75, 3.05) is 0 Å². The Bertz CT molecular complexity index is 775. The van der Waals surface area contributed by atoms with Crippen molar-refractivity contribution < 1.29 is 9.90 Å². The van der Waals surface area contributed by atoms with Crippen molar-refractivity contribution in [3.8, 4) is 0 Å². The fraction of sp³-hybridized carbons (Fsp3) is 0.875. The zero-order valence-electron chi connectivity index (χ0n) is 18.3. The molecular formula is C24H37N3O2. The fourth-order valence-corrected chi connectivity index (χ4v) is 8.53. The lowest BCUT2D eigenvalue weighted by atomic mass is 9.44. The molecule has 0 saturated heterocycles. The van der Waals surface area contributed by atoms with Crippen molar-refractivity contribution in [2.24, 2.45) is 40.4 Å². The van der Waals surface area contributed by atoms with Gasteiger partial charge in [-0.05, 0) is 99.2 Å². The van der Waals surface area contributed by atoms with Gasteiger partial charge in [-0.1, -0.05) is 13.8 Å². The molecule has 0 radical (unpaired) electrons. The van der Waals surface area contributed by atoms with Gasteiger partial charge in [-0.3, -0.25) is 4.79 Å². The van der Waals surface area contributed by atoms with Crippen molar-refractivity contribution in [3.05, 3.63) is 12.4 Å². The Hall–Kier alpha value is -1.23. The van der Waals surface area contributed by atoms with Gasteiger partial charge in [-0.15, -0.1) is 0 Å². The van der Waals surface area contributed by atoms with Crippen LogP contribution in [-0.4, -0.2) is 31.5 Å². The van der Waals surface area contributed by atoms with E-state index in [2.05, 4.69) is 24.0 Å². The van der Waals surface area contributed by atoms with E-state index in [1.165, 1.54) is 38.5 Å². The molecule has 4 aliphatic rings. The molecule has 4 saturated carbocycles. The van der Waals surface area contributed by atoms with E-state index >= 15 is 0 Å². The standard InChI is InChI=1S/C24H37N3O2/c1-22(29)10-11-23(2)16(14-22)4-5-17-18-6-7-20(24(18,3)9-8-19(17)23)21(28)15-27-25-12-13-26-27/h12-13,16-20,29H,4-11,14-15H2,1-3H3/t16-,17-,18-,19-,20+,22+,23-,24-/m0/s1. The van der Waals surface area contributed by atoms with Gasteiger partial charge in [0.25, 0.3) is 0 Å². The summed E-state index contributed by atoms with van der Waals surface area (Å²) in [5, 5.41) is 19.0. The van der Waals surface area contributed by atoms with Crippen LogP contribution < -0.4 is 0 Å². The summed E-state index contributed by atoms with van der Waals surface area (Å²) in [4.78, 5) is 14.7. The molecule has 0 aliphatic heterocycles. The lowest BCUT2D eigenvalue weighted by Gasteiger charge is -2.61. The Balaban J connectivity index is 1.36. The molecule has 0 aromatic carbocycles. The number of fused-ring (bicyclic) bond motifs is 5. The number of hydrogen-bond donors (Lipinski definition) is 1. The summed E-state index contributed by atoms with van der Waals surface area (Å²) in [5.74, 6) is 3.38. The van der Waals surface area contributed by atoms with E-state index in [0.717, 1.165) is 31.1 Å². The number of ketones is 1.